The van der Waals surface area contributed by atoms with E-state index in [4.69, 9.17) is 5.11 Å². The van der Waals surface area contributed by atoms with Crippen molar-refractivity contribution in [2.75, 3.05) is 0 Å². The van der Waals surface area contributed by atoms with Crippen LogP contribution in [0.2, 0.25) is 0 Å². The van der Waals surface area contributed by atoms with Gasteiger partial charge in [-0.1, -0.05) is 170 Å². The van der Waals surface area contributed by atoms with Crippen LogP contribution in [0.5, 0.6) is 0 Å². The Morgan fingerprint density at radius 1 is 0.400 bits per heavy atom. The Kier molecular flexibility index (Phi) is 33.6. The van der Waals surface area contributed by atoms with Crippen LogP contribution in [0.1, 0.15) is 174 Å². The summed E-state index contributed by atoms with van der Waals surface area (Å²) in [6.07, 6.45) is 55.0. The molecule has 0 fully saturated rings. The van der Waals surface area contributed by atoms with Gasteiger partial charge in [0.1, 0.15) is 0 Å². The van der Waals surface area contributed by atoms with Gasteiger partial charge >= 0.3 is 5.97 Å². The fraction of sp³-hybridized carbons (Fsp3) is 0.711. The van der Waals surface area contributed by atoms with Crippen LogP contribution in [0.4, 0.5) is 0 Å². The van der Waals surface area contributed by atoms with Gasteiger partial charge < -0.3 is 5.11 Å². The van der Waals surface area contributed by atoms with Gasteiger partial charge in [0.05, 0.1) is 0 Å². The Morgan fingerprint density at radius 2 is 0.675 bits per heavy atom. The molecule has 40 heavy (non-hydrogen) atoms. The van der Waals surface area contributed by atoms with E-state index >= 15 is 0 Å². The molecular weight excluding hydrogens is 488 g/mol. The molecule has 2 heteroatoms. The number of aliphatic carboxylic acids is 1. The quantitative estimate of drug-likeness (QED) is 0.0683. The Labute approximate surface area is 250 Å². The van der Waals surface area contributed by atoms with Crippen LogP contribution in [-0.4, -0.2) is 11.1 Å². The summed E-state index contributed by atoms with van der Waals surface area (Å²) in [6.45, 7) is 2.25. The molecule has 0 aliphatic heterocycles. The number of carbonyl (C=O) groups is 1. The summed E-state index contributed by atoms with van der Waals surface area (Å²) in [7, 11) is 0. The zero-order valence-electron chi connectivity index (χ0n) is 26.5. The average molecular weight is 555 g/mol. The second-order valence-corrected chi connectivity index (χ2v) is 11.4. The van der Waals surface area contributed by atoms with Crippen molar-refractivity contribution in [3.05, 3.63) is 60.8 Å². The molecular formula is C38H66O2. The standard InChI is InChI=1S/C38H66O2/c1-2-3-4-5-6-7-8-9-10-11-12-13-14-15-16-17-18-19-20-21-22-23-24-25-26-27-28-29-30-31-32-33-34-35-36-37-38(39)40/h6-7,9-10,12-13,15-16,18-19H,2-5,8,11,14,17,20-37H2,1H3,(H,39,40). The Bertz CT molecular complexity index is 652. The van der Waals surface area contributed by atoms with Gasteiger partial charge in [-0.2, -0.15) is 0 Å². The van der Waals surface area contributed by atoms with Gasteiger partial charge in [0.2, 0.25) is 0 Å². The molecule has 1 N–H and O–H groups in total. The Hall–Kier alpha value is -1.83. The molecule has 0 spiro atoms. The van der Waals surface area contributed by atoms with Gasteiger partial charge in [0.15, 0.2) is 0 Å². The summed E-state index contributed by atoms with van der Waals surface area (Å²) >= 11 is 0. The lowest BCUT2D eigenvalue weighted by atomic mass is 10.0. The van der Waals surface area contributed by atoms with Gasteiger partial charge in [-0.3, -0.25) is 4.79 Å². The van der Waals surface area contributed by atoms with Crippen molar-refractivity contribution >= 4 is 5.97 Å². The van der Waals surface area contributed by atoms with Gasteiger partial charge in [0, 0.05) is 6.42 Å². The maximum absolute atomic E-state index is 10.5. The molecule has 2 nitrogen and oxygen atoms in total. The lowest BCUT2D eigenvalue weighted by molar-refractivity contribution is -0.137. The van der Waals surface area contributed by atoms with Crippen molar-refractivity contribution < 1.29 is 9.90 Å². The highest BCUT2D eigenvalue weighted by atomic mass is 16.4. The van der Waals surface area contributed by atoms with E-state index in [0.29, 0.717) is 6.42 Å². The van der Waals surface area contributed by atoms with Crippen molar-refractivity contribution in [3.8, 4) is 0 Å². The van der Waals surface area contributed by atoms with Gasteiger partial charge in [-0.25, -0.2) is 0 Å². The molecule has 0 aliphatic rings. The van der Waals surface area contributed by atoms with Crippen LogP contribution in [0.15, 0.2) is 60.8 Å². The molecule has 0 atom stereocenters. The first-order valence-corrected chi connectivity index (χ1v) is 17.2. The fourth-order valence-electron chi connectivity index (χ4n) is 4.85. The van der Waals surface area contributed by atoms with Crippen molar-refractivity contribution in [1.82, 2.24) is 0 Å². The molecule has 0 heterocycles. The first-order chi connectivity index (χ1) is 19.8. The molecule has 230 valence electrons. The number of hydrogen-bond donors (Lipinski definition) is 1. The van der Waals surface area contributed by atoms with E-state index in [1.54, 1.807) is 0 Å². The van der Waals surface area contributed by atoms with E-state index in [9.17, 15) is 4.79 Å². The van der Waals surface area contributed by atoms with Crippen molar-refractivity contribution in [2.24, 2.45) is 0 Å². The summed E-state index contributed by atoms with van der Waals surface area (Å²) in [5.41, 5.74) is 0. The topological polar surface area (TPSA) is 37.3 Å². The van der Waals surface area contributed by atoms with E-state index in [1.807, 2.05) is 0 Å². The normalized spacial score (nSPS) is 12.4. The zero-order valence-corrected chi connectivity index (χ0v) is 26.5. The molecule has 0 saturated carbocycles. The van der Waals surface area contributed by atoms with Crippen molar-refractivity contribution in [3.63, 3.8) is 0 Å². The second-order valence-electron chi connectivity index (χ2n) is 11.4. The Balaban J connectivity index is 3.28. The first kappa shape index (κ1) is 38.2. The van der Waals surface area contributed by atoms with E-state index in [-0.39, 0.29) is 0 Å². The van der Waals surface area contributed by atoms with Crippen molar-refractivity contribution in [1.29, 1.82) is 0 Å². The number of carboxylic acid groups (broad SMARTS) is 1. The molecule has 0 aromatic heterocycles. The third-order valence-electron chi connectivity index (χ3n) is 7.41. The molecule has 0 aromatic rings. The SMILES string of the molecule is CCCCCC=CCC=CCC=CCC=CCC=CCCCCCCCCCCCCCCCCCCC(=O)O. The van der Waals surface area contributed by atoms with E-state index in [2.05, 4.69) is 67.7 Å². The number of carboxylic acids is 1. The highest BCUT2D eigenvalue weighted by Crippen LogP contribution is 2.14. The highest BCUT2D eigenvalue weighted by Gasteiger charge is 1.97. The van der Waals surface area contributed by atoms with Crippen molar-refractivity contribution in [2.45, 2.75) is 174 Å². The number of allylic oxidation sites excluding steroid dienone is 10. The van der Waals surface area contributed by atoms with Crippen LogP contribution < -0.4 is 0 Å². The molecule has 0 bridgehead atoms. The second kappa shape index (κ2) is 35.2. The average Bonchev–Trinajstić information content (AvgIpc) is 2.95. The van der Waals surface area contributed by atoms with Crippen LogP contribution >= 0.6 is 0 Å². The predicted molar refractivity (Wildman–Crippen MR) is 179 cm³/mol. The molecule has 0 rings (SSSR count). The highest BCUT2D eigenvalue weighted by molar-refractivity contribution is 5.66. The minimum absolute atomic E-state index is 0.338. The van der Waals surface area contributed by atoms with Crippen LogP contribution in [-0.2, 0) is 4.79 Å². The number of rotatable bonds is 31. The van der Waals surface area contributed by atoms with E-state index in [1.165, 1.54) is 122 Å². The summed E-state index contributed by atoms with van der Waals surface area (Å²) in [5.74, 6) is -0.655. The van der Waals surface area contributed by atoms with Gasteiger partial charge in [-0.15, -0.1) is 0 Å². The van der Waals surface area contributed by atoms with Crippen LogP contribution in [0.25, 0.3) is 0 Å². The molecule has 0 amide bonds. The maximum atomic E-state index is 10.5. The zero-order chi connectivity index (χ0) is 29.0. The smallest absolute Gasteiger partial charge is 0.303 e. The first-order valence-electron chi connectivity index (χ1n) is 17.2. The minimum atomic E-state index is -0.655. The van der Waals surface area contributed by atoms with Crippen LogP contribution in [0, 0.1) is 0 Å². The Morgan fingerprint density at radius 3 is 1.00 bits per heavy atom. The van der Waals surface area contributed by atoms with E-state index in [0.717, 1.165) is 38.5 Å². The molecule has 0 unspecified atom stereocenters. The van der Waals surface area contributed by atoms with E-state index < -0.39 is 5.97 Å². The lowest BCUT2D eigenvalue weighted by Crippen LogP contribution is -1.93. The molecule has 0 saturated heterocycles. The summed E-state index contributed by atoms with van der Waals surface area (Å²) in [6, 6.07) is 0. The van der Waals surface area contributed by atoms with Crippen LogP contribution in [0.3, 0.4) is 0 Å². The number of unbranched alkanes of at least 4 members (excludes halogenated alkanes) is 19. The lowest BCUT2D eigenvalue weighted by Gasteiger charge is -2.03. The molecule has 0 aromatic carbocycles. The largest absolute Gasteiger partial charge is 0.481 e. The summed E-state index contributed by atoms with van der Waals surface area (Å²) in [5, 5.41) is 8.63. The number of hydrogen-bond acceptors (Lipinski definition) is 1. The summed E-state index contributed by atoms with van der Waals surface area (Å²) < 4.78 is 0. The minimum Gasteiger partial charge on any atom is -0.481 e. The molecule has 0 aliphatic carbocycles. The third-order valence-corrected chi connectivity index (χ3v) is 7.41. The van der Waals surface area contributed by atoms with Gasteiger partial charge in [-0.05, 0) is 57.8 Å². The van der Waals surface area contributed by atoms with Gasteiger partial charge in [0.25, 0.3) is 0 Å². The fourth-order valence-corrected chi connectivity index (χ4v) is 4.85. The molecule has 0 radical (unpaired) electrons. The maximum Gasteiger partial charge on any atom is 0.303 e. The third kappa shape index (κ3) is 36.2. The predicted octanol–water partition coefficient (Wildman–Crippen LogP) is 13.0. The monoisotopic (exact) mass is 555 g/mol. The summed E-state index contributed by atoms with van der Waals surface area (Å²) in [4.78, 5) is 10.5.